The molecule has 5 nitrogen and oxygen atoms in total. The number of aliphatic hydroxyl groups excluding tert-OH is 1. The molecule has 0 aliphatic rings. The van der Waals surface area contributed by atoms with Gasteiger partial charge in [0.2, 0.25) is 0 Å². The maximum absolute atomic E-state index is 9.02. The number of unbranched alkanes of at least 4 members (excludes halogenated alkanes) is 1. The van der Waals surface area contributed by atoms with Crippen LogP contribution in [0.5, 0.6) is 5.75 Å². The molecule has 112 valence electrons. The van der Waals surface area contributed by atoms with Gasteiger partial charge in [0.05, 0.1) is 6.61 Å². The van der Waals surface area contributed by atoms with E-state index in [-0.39, 0.29) is 12.4 Å². The van der Waals surface area contributed by atoms with Crippen molar-refractivity contribution in [3.05, 3.63) is 29.8 Å². The van der Waals surface area contributed by atoms with E-state index in [1.807, 2.05) is 12.1 Å². The van der Waals surface area contributed by atoms with Crippen LogP contribution in [-0.2, 0) is 0 Å². The first-order chi connectivity index (χ1) is 9.67. The maximum Gasteiger partial charge on any atom is 0.122 e. The van der Waals surface area contributed by atoms with Gasteiger partial charge in [0.25, 0.3) is 0 Å². The van der Waals surface area contributed by atoms with Crippen molar-refractivity contribution < 1.29 is 9.84 Å². The van der Waals surface area contributed by atoms with Gasteiger partial charge in [-0.2, -0.15) is 0 Å². The highest BCUT2D eigenvalue weighted by Gasteiger charge is 2.04. The van der Waals surface area contributed by atoms with Gasteiger partial charge >= 0.3 is 0 Å². The van der Waals surface area contributed by atoms with Crippen LogP contribution in [0.15, 0.2) is 24.3 Å². The van der Waals surface area contributed by atoms with Crippen molar-refractivity contribution >= 4 is 5.84 Å². The van der Waals surface area contributed by atoms with E-state index in [4.69, 9.17) is 21.0 Å². The van der Waals surface area contributed by atoms with Crippen molar-refractivity contribution in [2.45, 2.75) is 19.8 Å². The van der Waals surface area contributed by atoms with E-state index in [0.717, 1.165) is 31.7 Å². The number of nitrogens with zero attached hydrogens (tertiary/aromatic N) is 1. The fraction of sp³-hybridized carbons (Fsp3) is 0.533. The minimum Gasteiger partial charge on any atom is -0.492 e. The monoisotopic (exact) mass is 279 g/mol. The van der Waals surface area contributed by atoms with Gasteiger partial charge in [0, 0.05) is 18.7 Å². The molecule has 5 heteroatoms. The molecule has 20 heavy (non-hydrogen) atoms. The predicted molar refractivity (Wildman–Crippen MR) is 81.4 cm³/mol. The topological polar surface area (TPSA) is 82.6 Å². The van der Waals surface area contributed by atoms with Crippen LogP contribution in [0.1, 0.15) is 25.3 Å². The Morgan fingerprint density at radius 2 is 1.95 bits per heavy atom. The maximum atomic E-state index is 9.02. The van der Waals surface area contributed by atoms with Gasteiger partial charge in [-0.3, -0.25) is 10.3 Å². The second kappa shape index (κ2) is 9.34. The summed E-state index contributed by atoms with van der Waals surface area (Å²) in [7, 11) is 0. The third kappa shape index (κ3) is 6.04. The zero-order valence-corrected chi connectivity index (χ0v) is 12.1. The fourth-order valence-electron chi connectivity index (χ4n) is 1.88. The van der Waals surface area contributed by atoms with Gasteiger partial charge in [-0.15, -0.1) is 0 Å². The molecule has 0 saturated heterocycles. The third-order valence-electron chi connectivity index (χ3n) is 3.09. The second-order valence-corrected chi connectivity index (χ2v) is 4.71. The third-order valence-corrected chi connectivity index (χ3v) is 3.09. The first-order valence-corrected chi connectivity index (χ1v) is 7.07. The van der Waals surface area contributed by atoms with Crippen molar-refractivity contribution in [3.63, 3.8) is 0 Å². The molecule has 0 aliphatic heterocycles. The number of rotatable bonds is 10. The molecule has 0 unspecified atom stereocenters. The largest absolute Gasteiger partial charge is 0.492 e. The smallest absolute Gasteiger partial charge is 0.122 e. The second-order valence-electron chi connectivity index (χ2n) is 4.71. The molecule has 0 spiro atoms. The Kier molecular flexibility index (Phi) is 7.69. The van der Waals surface area contributed by atoms with E-state index in [1.54, 1.807) is 12.1 Å². The lowest BCUT2D eigenvalue weighted by Gasteiger charge is -2.21. The number of amidine groups is 1. The summed E-state index contributed by atoms with van der Waals surface area (Å²) in [5.41, 5.74) is 6.09. The Morgan fingerprint density at radius 1 is 1.25 bits per heavy atom. The van der Waals surface area contributed by atoms with Gasteiger partial charge in [-0.05, 0) is 37.2 Å². The number of hydrogen-bond donors (Lipinski definition) is 3. The van der Waals surface area contributed by atoms with E-state index in [9.17, 15) is 0 Å². The van der Waals surface area contributed by atoms with Crippen LogP contribution < -0.4 is 10.5 Å². The molecule has 0 amide bonds. The normalized spacial score (nSPS) is 10.8. The summed E-state index contributed by atoms with van der Waals surface area (Å²) in [6, 6.07) is 7.19. The number of benzene rings is 1. The Labute approximate surface area is 120 Å². The zero-order chi connectivity index (χ0) is 14.8. The number of nitrogens with one attached hydrogen (secondary N) is 1. The summed E-state index contributed by atoms with van der Waals surface area (Å²) < 4.78 is 5.66. The Hall–Kier alpha value is -1.59. The quantitative estimate of drug-likeness (QED) is 0.447. The van der Waals surface area contributed by atoms with Crippen LogP contribution in [0.3, 0.4) is 0 Å². The lowest BCUT2D eigenvalue weighted by atomic mass is 10.2. The minimum atomic E-state index is 0.0604. The molecule has 4 N–H and O–H groups in total. The SMILES string of the molecule is CCCCN(CCO)CCOc1ccc(C(=N)N)cc1. The molecule has 0 bridgehead atoms. The summed E-state index contributed by atoms with van der Waals surface area (Å²) >= 11 is 0. The van der Waals surface area contributed by atoms with Crippen LogP contribution in [0.4, 0.5) is 0 Å². The summed E-state index contributed by atoms with van der Waals surface area (Å²) in [5.74, 6) is 0.833. The van der Waals surface area contributed by atoms with Crippen molar-refractivity contribution in [1.82, 2.24) is 4.90 Å². The van der Waals surface area contributed by atoms with E-state index in [1.165, 1.54) is 0 Å². The molecular weight excluding hydrogens is 254 g/mol. The first-order valence-electron chi connectivity index (χ1n) is 7.07. The number of ether oxygens (including phenoxy) is 1. The van der Waals surface area contributed by atoms with E-state index >= 15 is 0 Å². The van der Waals surface area contributed by atoms with Crippen LogP contribution >= 0.6 is 0 Å². The van der Waals surface area contributed by atoms with Gasteiger partial charge in [-0.1, -0.05) is 13.3 Å². The van der Waals surface area contributed by atoms with Gasteiger partial charge < -0.3 is 15.6 Å². The highest BCUT2D eigenvalue weighted by atomic mass is 16.5. The van der Waals surface area contributed by atoms with Crippen molar-refractivity contribution in [3.8, 4) is 5.75 Å². The first kappa shape index (κ1) is 16.5. The lowest BCUT2D eigenvalue weighted by Crippen LogP contribution is -2.32. The number of nitrogens with two attached hydrogens (primary N) is 1. The van der Waals surface area contributed by atoms with Crippen LogP contribution in [0, 0.1) is 5.41 Å². The summed E-state index contributed by atoms with van der Waals surface area (Å²) in [4.78, 5) is 2.20. The number of nitrogen functional groups attached to an aromatic ring is 1. The number of aliphatic hydroxyl groups is 1. The van der Waals surface area contributed by atoms with Crippen molar-refractivity contribution in [1.29, 1.82) is 5.41 Å². The molecule has 0 radical (unpaired) electrons. The Balaban J connectivity index is 2.35. The highest BCUT2D eigenvalue weighted by molar-refractivity contribution is 5.94. The molecule has 0 heterocycles. The summed E-state index contributed by atoms with van der Waals surface area (Å²) in [5, 5.41) is 16.3. The van der Waals surface area contributed by atoms with Crippen LogP contribution in [0.25, 0.3) is 0 Å². The van der Waals surface area contributed by atoms with Crippen molar-refractivity contribution in [2.75, 3.05) is 32.8 Å². The van der Waals surface area contributed by atoms with Crippen LogP contribution in [0.2, 0.25) is 0 Å². The molecule has 0 fully saturated rings. The lowest BCUT2D eigenvalue weighted by molar-refractivity contribution is 0.167. The molecule has 1 aromatic rings. The van der Waals surface area contributed by atoms with Gasteiger partial charge in [0.15, 0.2) is 0 Å². The molecule has 0 saturated carbocycles. The standard InChI is InChI=1S/C15H25N3O2/c1-2-3-8-18(9-11-19)10-12-20-14-6-4-13(5-7-14)15(16)17/h4-7,19H,2-3,8-12H2,1H3,(H3,16,17). The molecule has 1 aromatic carbocycles. The minimum absolute atomic E-state index is 0.0604. The molecule has 0 aliphatic carbocycles. The molecule has 1 rings (SSSR count). The molecular formula is C15H25N3O2. The van der Waals surface area contributed by atoms with Gasteiger partial charge in [0.1, 0.15) is 18.2 Å². The Morgan fingerprint density at radius 3 is 2.50 bits per heavy atom. The summed E-state index contributed by atoms with van der Waals surface area (Å²) in [6.45, 7) is 5.40. The van der Waals surface area contributed by atoms with E-state index in [2.05, 4.69) is 11.8 Å². The van der Waals surface area contributed by atoms with Crippen molar-refractivity contribution in [2.24, 2.45) is 5.73 Å². The van der Waals surface area contributed by atoms with Gasteiger partial charge in [-0.25, -0.2) is 0 Å². The Bertz CT molecular complexity index is 393. The number of hydrogen-bond acceptors (Lipinski definition) is 4. The van der Waals surface area contributed by atoms with E-state index < -0.39 is 0 Å². The highest BCUT2D eigenvalue weighted by Crippen LogP contribution is 2.11. The average Bonchev–Trinajstić information content (AvgIpc) is 2.45. The van der Waals surface area contributed by atoms with Crippen LogP contribution in [-0.4, -0.2) is 48.7 Å². The molecule has 0 aromatic heterocycles. The average molecular weight is 279 g/mol. The zero-order valence-electron chi connectivity index (χ0n) is 12.1. The molecule has 0 atom stereocenters. The predicted octanol–water partition coefficient (Wildman–Crippen LogP) is 1.44. The van der Waals surface area contributed by atoms with E-state index in [0.29, 0.717) is 18.7 Å². The summed E-state index contributed by atoms with van der Waals surface area (Å²) in [6.07, 6.45) is 2.28. The fourth-order valence-corrected chi connectivity index (χ4v) is 1.88.